The Morgan fingerprint density at radius 3 is 2.65 bits per heavy atom. The Kier molecular flexibility index (Phi) is 2.69. The second-order valence-corrected chi connectivity index (χ2v) is 3.82. The van der Waals surface area contributed by atoms with Crippen LogP contribution in [-0.4, -0.2) is 5.78 Å². The highest BCUT2D eigenvalue weighted by atomic mass is 19.4. The summed E-state index contributed by atoms with van der Waals surface area (Å²) in [7, 11) is 0. The Labute approximate surface area is 95.0 Å². The third-order valence-corrected chi connectivity index (χ3v) is 2.42. The maximum Gasteiger partial charge on any atom is 0.417 e. The number of alkyl halides is 3. The molecule has 2 aromatic rings. The molecule has 0 atom stereocenters. The van der Waals surface area contributed by atoms with Gasteiger partial charge in [0.15, 0.2) is 0 Å². The van der Waals surface area contributed by atoms with E-state index in [9.17, 15) is 18.0 Å². The summed E-state index contributed by atoms with van der Waals surface area (Å²) >= 11 is 0. The number of hydrogen-bond acceptors (Lipinski definition) is 2. The summed E-state index contributed by atoms with van der Waals surface area (Å²) in [5.74, 6) is -0.204. The molecule has 17 heavy (non-hydrogen) atoms. The van der Waals surface area contributed by atoms with Gasteiger partial charge in [0.05, 0.1) is 11.8 Å². The van der Waals surface area contributed by atoms with Crippen LogP contribution < -0.4 is 0 Å². The number of fused-ring (bicyclic) bond motifs is 1. The monoisotopic (exact) mass is 242 g/mol. The smallest absolute Gasteiger partial charge is 0.417 e. The van der Waals surface area contributed by atoms with E-state index in [2.05, 4.69) is 0 Å². The summed E-state index contributed by atoms with van der Waals surface area (Å²) in [5, 5.41) is -0.0183. The molecule has 0 fully saturated rings. The molecular formula is C12H9F3O2. The normalized spacial score (nSPS) is 12.0. The lowest BCUT2D eigenvalue weighted by Crippen LogP contribution is -2.06. The van der Waals surface area contributed by atoms with Gasteiger partial charge in [-0.25, -0.2) is 0 Å². The van der Waals surface area contributed by atoms with Crippen molar-refractivity contribution in [3.05, 3.63) is 35.6 Å². The van der Waals surface area contributed by atoms with Gasteiger partial charge in [0.1, 0.15) is 11.4 Å². The zero-order chi connectivity index (χ0) is 12.6. The second-order valence-electron chi connectivity index (χ2n) is 3.82. The topological polar surface area (TPSA) is 30.2 Å². The Bertz CT molecular complexity index is 567. The van der Waals surface area contributed by atoms with Gasteiger partial charge < -0.3 is 4.42 Å². The van der Waals surface area contributed by atoms with Gasteiger partial charge >= 0.3 is 6.18 Å². The number of carbonyl (C=O) groups excluding carboxylic acids is 1. The number of Topliss-reactive ketones (excluding diaryl/α,β-unsaturated/α-hetero) is 1. The Morgan fingerprint density at radius 2 is 2.06 bits per heavy atom. The van der Waals surface area contributed by atoms with Gasteiger partial charge in [-0.15, -0.1) is 0 Å². The van der Waals surface area contributed by atoms with Gasteiger partial charge in [-0.2, -0.15) is 13.2 Å². The first-order chi connectivity index (χ1) is 7.89. The zero-order valence-corrected chi connectivity index (χ0v) is 8.97. The van der Waals surface area contributed by atoms with E-state index in [-0.39, 0.29) is 28.7 Å². The van der Waals surface area contributed by atoms with Gasteiger partial charge in [-0.3, -0.25) is 4.79 Å². The summed E-state index contributed by atoms with van der Waals surface area (Å²) in [4.78, 5) is 11.0. The Hall–Kier alpha value is -1.78. The van der Waals surface area contributed by atoms with Crippen LogP contribution in [0.3, 0.4) is 0 Å². The lowest BCUT2D eigenvalue weighted by molar-refractivity contribution is -0.136. The minimum atomic E-state index is -4.45. The minimum absolute atomic E-state index is 0.0183. The molecule has 2 nitrogen and oxygen atoms in total. The Balaban J connectivity index is 2.68. The molecule has 5 heteroatoms. The first-order valence-electron chi connectivity index (χ1n) is 4.95. The summed E-state index contributed by atoms with van der Waals surface area (Å²) in [5.41, 5.74) is -0.337. The van der Waals surface area contributed by atoms with E-state index in [4.69, 9.17) is 4.42 Å². The standard InChI is InChI=1S/C12H9F3O2/c1-7(16)5-8-6-17-10-4-2-3-9(11(8)10)12(13,14)15/h2-4,6H,5H2,1H3. The highest BCUT2D eigenvalue weighted by Crippen LogP contribution is 2.37. The highest BCUT2D eigenvalue weighted by molar-refractivity contribution is 5.90. The fourth-order valence-electron chi connectivity index (χ4n) is 1.79. The zero-order valence-electron chi connectivity index (χ0n) is 8.97. The van der Waals surface area contributed by atoms with Gasteiger partial charge in [0.25, 0.3) is 0 Å². The summed E-state index contributed by atoms with van der Waals surface area (Å²) < 4.78 is 43.4. The molecule has 1 heterocycles. The van der Waals surface area contributed by atoms with E-state index < -0.39 is 11.7 Å². The van der Waals surface area contributed by atoms with Crippen LogP contribution in [-0.2, 0) is 17.4 Å². The minimum Gasteiger partial charge on any atom is -0.464 e. The Morgan fingerprint density at radius 1 is 1.35 bits per heavy atom. The van der Waals surface area contributed by atoms with Gasteiger partial charge in [0, 0.05) is 17.4 Å². The molecule has 0 saturated heterocycles. The molecule has 90 valence electrons. The van der Waals surface area contributed by atoms with Crippen LogP contribution in [0.15, 0.2) is 28.9 Å². The van der Waals surface area contributed by atoms with E-state index in [1.165, 1.54) is 25.3 Å². The lowest BCUT2D eigenvalue weighted by Gasteiger charge is -2.08. The van der Waals surface area contributed by atoms with Crippen LogP contribution in [0.1, 0.15) is 18.1 Å². The van der Waals surface area contributed by atoms with Gasteiger partial charge in [-0.05, 0) is 19.1 Å². The third kappa shape index (κ3) is 2.18. The maximum absolute atomic E-state index is 12.8. The van der Waals surface area contributed by atoms with Gasteiger partial charge in [-0.1, -0.05) is 6.07 Å². The van der Waals surface area contributed by atoms with Crippen molar-refractivity contribution in [3.63, 3.8) is 0 Å². The van der Waals surface area contributed by atoms with Crippen molar-refractivity contribution in [1.82, 2.24) is 0 Å². The van der Waals surface area contributed by atoms with E-state index in [0.717, 1.165) is 6.07 Å². The SMILES string of the molecule is CC(=O)Cc1coc2cccc(C(F)(F)F)c12. The molecule has 0 unspecified atom stereocenters. The first-order valence-corrected chi connectivity index (χ1v) is 4.95. The van der Waals surface area contributed by atoms with Gasteiger partial charge in [0.2, 0.25) is 0 Å². The molecule has 0 aliphatic heterocycles. The number of ketones is 1. The molecular weight excluding hydrogens is 233 g/mol. The average Bonchev–Trinajstić information content (AvgIpc) is 2.59. The molecule has 1 aromatic heterocycles. The first kappa shape index (κ1) is 11.7. The van der Waals surface area contributed by atoms with Crippen LogP contribution in [0.5, 0.6) is 0 Å². The molecule has 0 radical (unpaired) electrons. The molecule has 0 spiro atoms. The van der Waals surface area contributed by atoms with E-state index >= 15 is 0 Å². The van der Waals surface area contributed by atoms with Crippen LogP contribution in [0, 0.1) is 0 Å². The van der Waals surface area contributed by atoms with Crippen molar-refractivity contribution in [1.29, 1.82) is 0 Å². The molecule has 0 aliphatic carbocycles. The molecule has 0 N–H and O–H groups in total. The number of rotatable bonds is 2. The van der Waals surface area contributed by atoms with Crippen molar-refractivity contribution >= 4 is 16.8 Å². The quantitative estimate of drug-likeness (QED) is 0.805. The summed E-state index contributed by atoms with van der Waals surface area (Å²) in [6.07, 6.45) is -3.30. The van der Waals surface area contributed by atoms with E-state index in [1.807, 2.05) is 0 Å². The van der Waals surface area contributed by atoms with Crippen LogP contribution in [0.4, 0.5) is 13.2 Å². The lowest BCUT2D eigenvalue weighted by atomic mass is 10.0. The third-order valence-electron chi connectivity index (χ3n) is 2.42. The van der Waals surface area contributed by atoms with Crippen LogP contribution >= 0.6 is 0 Å². The fourth-order valence-corrected chi connectivity index (χ4v) is 1.79. The fraction of sp³-hybridized carbons (Fsp3) is 0.250. The number of hydrogen-bond donors (Lipinski definition) is 0. The van der Waals surface area contributed by atoms with E-state index in [1.54, 1.807) is 0 Å². The highest BCUT2D eigenvalue weighted by Gasteiger charge is 2.34. The number of benzene rings is 1. The summed E-state index contributed by atoms with van der Waals surface area (Å²) in [6, 6.07) is 3.72. The van der Waals surface area contributed by atoms with Crippen molar-refractivity contribution in [2.75, 3.05) is 0 Å². The van der Waals surface area contributed by atoms with Crippen molar-refractivity contribution in [2.24, 2.45) is 0 Å². The predicted octanol–water partition coefficient (Wildman–Crippen LogP) is 3.58. The van der Waals surface area contributed by atoms with Crippen molar-refractivity contribution in [2.45, 2.75) is 19.5 Å². The summed E-state index contributed by atoms with van der Waals surface area (Å²) in [6.45, 7) is 1.33. The van der Waals surface area contributed by atoms with Crippen molar-refractivity contribution < 1.29 is 22.4 Å². The van der Waals surface area contributed by atoms with Crippen LogP contribution in [0.25, 0.3) is 11.0 Å². The maximum atomic E-state index is 12.8. The molecule has 1 aromatic carbocycles. The second kappa shape index (κ2) is 3.91. The number of carbonyl (C=O) groups is 1. The van der Waals surface area contributed by atoms with E-state index in [0.29, 0.717) is 0 Å². The molecule has 0 bridgehead atoms. The number of furan rings is 1. The largest absolute Gasteiger partial charge is 0.464 e. The predicted molar refractivity (Wildman–Crippen MR) is 55.6 cm³/mol. The molecule has 0 saturated carbocycles. The molecule has 2 rings (SSSR count). The average molecular weight is 242 g/mol. The van der Waals surface area contributed by atoms with Crippen molar-refractivity contribution in [3.8, 4) is 0 Å². The number of halogens is 3. The molecule has 0 aliphatic rings. The van der Waals surface area contributed by atoms with Crippen LogP contribution in [0.2, 0.25) is 0 Å². The molecule has 0 amide bonds.